The van der Waals surface area contributed by atoms with Crippen molar-refractivity contribution in [3.63, 3.8) is 0 Å². The summed E-state index contributed by atoms with van der Waals surface area (Å²) >= 11 is 0. The maximum absolute atomic E-state index is 6.08. The molecule has 0 bridgehead atoms. The number of rotatable bonds is 4. The van der Waals surface area contributed by atoms with Crippen molar-refractivity contribution in [2.75, 3.05) is 46.1 Å². The van der Waals surface area contributed by atoms with E-state index in [1.807, 2.05) is 12.3 Å². The summed E-state index contributed by atoms with van der Waals surface area (Å²) in [5.41, 5.74) is 3.53. The van der Waals surface area contributed by atoms with Crippen molar-refractivity contribution in [3.05, 3.63) is 35.5 Å². The van der Waals surface area contributed by atoms with Gasteiger partial charge in [-0.2, -0.15) is 0 Å². The fourth-order valence-electron chi connectivity index (χ4n) is 3.67. The standard InChI is InChI=1S/C19H25N3O2/c1-15-12-16-13-22(7-3-6-21-8-10-23-11-9-21)14-24-19(16)18-17(15)4-2-5-20-18/h2,4-5,12H,3,6-11,13-14H2,1H3. The number of aryl methyl sites for hydroxylation is 1. The Morgan fingerprint density at radius 3 is 2.88 bits per heavy atom. The molecular formula is C19H25N3O2. The number of nitrogens with zero attached hydrogens (tertiary/aromatic N) is 3. The second-order valence-electron chi connectivity index (χ2n) is 6.71. The Morgan fingerprint density at radius 1 is 1.17 bits per heavy atom. The molecule has 2 aliphatic heterocycles. The molecule has 0 radical (unpaired) electrons. The van der Waals surface area contributed by atoms with Crippen LogP contribution in [0.2, 0.25) is 0 Å². The first-order valence-corrected chi connectivity index (χ1v) is 8.84. The van der Waals surface area contributed by atoms with Crippen molar-refractivity contribution in [1.29, 1.82) is 0 Å². The van der Waals surface area contributed by atoms with Gasteiger partial charge in [-0.1, -0.05) is 12.1 Å². The molecule has 0 spiro atoms. The van der Waals surface area contributed by atoms with Crippen LogP contribution in [0.3, 0.4) is 0 Å². The maximum Gasteiger partial charge on any atom is 0.152 e. The van der Waals surface area contributed by atoms with Crippen molar-refractivity contribution >= 4 is 10.9 Å². The minimum absolute atomic E-state index is 0.658. The van der Waals surface area contributed by atoms with E-state index in [4.69, 9.17) is 9.47 Å². The number of ether oxygens (including phenoxy) is 2. The number of morpholine rings is 1. The van der Waals surface area contributed by atoms with E-state index in [9.17, 15) is 0 Å². The molecule has 1 saturated heterocycles. The molecule has 4 rings (SSSR count). The summed E-state index contributed by atoms with van der Waals surface area (Å²) in [7, 11) is 0. The third-order valence-corrected chi connectivity index (χ3v) is 4.97. The van der Waals surface area contributed by atoms with Gasteiger partial charge in [-0.25, -0.2) is 0 Å². The number of hydrogen-bond donors (Lipinski definition) is 0. The maximum atomic E-state index is 6.08. The van der Waals surface area contributed by atoms with Crippen LogP contribution in [0.4, 0.5) is 0 Å². The summed E-state index contributed by atoms with van der Waals surface area (Å²) < 4.78 is 11.5. The molecule has 0 amide bonds. The molecular weight excluding hydrogens is 302 g/mol. The van der Waals surface area contributed by atoms with Gasteiger partial charge in [-0.15, -0.1) is 0 Å². The Bertz CT molecular complexity index is 713. The van der Waals surface area contributed by atoms with Crippen LogP contribution in [0.1, 0.15) is 17.5 Å². The molecule has 2 aromatic rings. The van der Waals surface area contributed by atoms with Crippen LogP contribution in [0.15, 0.2) is 24.4 Å². The van der Waals surface area contributed by atoms with Crippen LogP contribution < -0.4 is 4.74 Å². The van der Waals surface area contributed by atoms with Gasteiger partial charge in [-0.05, 0) is 31.5 Å². The second kappa shape index (κ2) is 7.05. The minimum atomic E-state index is 0.658. The molecule has 0 atom stereocenters. The predicted molar refractivity (Wildman–Crippen MR) is 94.3 cm³/mol. The molecule has 24 heavy (non-hydrogen) atoms. The van der Waals surface area contributed by atoms with Gasteiger partial charge in [0.1, 0.15) is 12.2 Å². The molecule has 3 heterocycles. The monoisotopic (exact) mass is 327 g/mol. The molecule has 2 aliphatic rings. The van der Waals surface area contributed by atoms with Gasteiger partial charge in [-0.3, -0.25) is 14.8 Å². The second-order valence-corrected chi connectivity index (χ2v) is 6.71. The van der Waals surface area contributed by atoms with E-state index in [1.54, 1.807) is 0 Å². The van der Waals surface area contributed by atoms with E-state index in [1.165, 1.54) is 22.9 Å². The lowest BCUT2D eigenvalue weighted by Crippen LogP contribution is -2.39. The molecule has 5 nitrogen and oxygen atoms in total. The SMILES string of the molecule is Cc1cc2c(c3ncccc13)OCN(CCCN1CCOCC1)C2. The lowest BCUT2D eigenvalue weighted by Gasteiger charge is -2.31. The number of benzene rings is 1. The quantitative estimate of drug-likeness (QED) is 0.862. The predicted octanol–water partition coefficient (Wildman–Crippen LogP) is 2.42. The van der Waals surface area contributed by atoms with E-state index in [-0.39, 0.29) is 0 Å². The van der Waals surface area contributed by atoms with Crippen molar-refractivity contribution in [2.24, 2.45) is 0 Å². The van der Waals surface area contributed by atoms with Gasteiger partial charge in [0.15, 0.2) is 5.75 Å². The highest BCUT2D eigenvalue weighted by atomic mass is 16.5. The zero-order valence-corrected chi connectivity index (χ0v) is 14.3. The van der Waals surface area contributed by atoms with Crippen LogP contribution in [0.5, 0.6) is 5.75 Å². The molecule has 1 aromatic carbocycles. The Balaban J connectivity index is 1.40. The Morgan fingerprint density at radius 2 is 2.00 bits per heavy atom. The van der Waals surface area contributed by atoms with E-state index in [2.05, 4.69) is 33.8 Å². The normalized spacial score (nSPS) is 19.2. The first-order valence-electron chi connectivity index (χ1n) is 8.84. The highest BCUT2D eigenvalue weighted by Gasteiger charge is 2.21. The Hall–Kier alpha value is -1.69. The smallest absolute Gasteiger partial charge is 0.152 e. The Labute approximate surface area is 143 Å². The summed E-state index contributed by atoms with van der Waals surface area (Å²) in [5, 5.41) is 1.19. The van der Waals surface area contributed by atoms with E-state index in [0.29, 0.717) is 6.73 Å². The minimum Gasteiger partial charge on any atom is -0.475 e. The van der Waals surface area contributed by atoms with Gasteiger partial charge in [0.2, 0.25) is 0 Å². The fourth-order valence-corrected chi connectivity index (χ4v) is 3.67. The molecule has 0 saturated carbocycles. The highest BCUT2D eigenvalue weighted by molar-refractivity contribution is 5.88. The molecule has 1 aromatic heterocycles. The summed E-state index contributed by atoms with van der Waals surface area (Å²) in [6.07, 6.45) is 3.02. The molecule has 128 valence electrons. The summed E-state index contributed by atoms with van der Waals surface area (Å²) in [4.78, 5) is 9.42. The van der Waals surface area contributed by atoms with Gasteiger partial charge in [0.05, 0.1) is 13.2 Å². The van der Waals surface area contributed by atoms with Gasteiger partial charge in [0, 0.05) is 43.3 Å². The molecule has 5 heteroatoms. The third kappa shape index (κ3) is 3.24. The van der Waals surface area contributed by atoms with Gasteiger partial charge < -0.3 is 9.47 Å². The summed E-state index contributed by atoms with van der Waals surface area (Å²) in [6.45, 7) is 9.85. The van der Waals surface area contributed by atoms with E-state index < -0.39 is 0 Å². The van der Waals surface area contributed by atoms with Crippen LogP contribution in [0.25, 0.3) is 10.9 Å². The van der Waals surface area contributed by atoms with Crippen LogP contribution in [-0.2, 0) is 11.3 Å². The summed E-state index contributed by atoms with van der Waals surface area (Å²) in [6, 6.07) is 6.37. The number of pyridine rings is 1. The van der Waals surface area contributed by atoms with Crippen molar-refractivity contribution in [3.8, 4) is 5.75 Å². The lowest BCUT2D eigenvalue weighted by atomic mass is 10.0. The fraction of sp³-hybridized carbons (Fsp3) is 0.526. The van der Waals surface area contributed by atoms with E-state index in [0.717, 1.165) is 57.2 Å². The van der Waals surface area contributed by atoms with Crippen LogP contribution in [0, 0.1) is 6.92 Å². The Kier molecular flexibility index (Phi) is 4.65. The average Bonchev–Trinajstić information content (AvgIpc) is 2.63. The first-order chi connectivity index (χ1) is 11.8. The average molecular weight is 327 g/mol. The zero-order valence-electron chi connectivity index (χ0n) is 14.3. The summed E-state index contributed by atoms with van der Waals surface area (Å²) in [5.74, 6) is 0.973. The van der Waals surface area contributed by atoms with Gasteiger partial charge in [0.25, 0.3) is 0 Å². The lowest BCUT2D eigenvalue weighted by molar-refractivity contribution is 0.0331. The van der Waals surface area contributed by atoms with Crippen molar-refractivity contribution in [2.45, 2.75) is 19.9 Å². The topological polar surface area (TPSA) is 37.8 Å². The van der Waals surface area contributed by atoms with Crippen molar-refractivity contribution < 1.29 is 9.47 Å². The number of fused-ring (bicyclic) bond motifs is 3. The number of aromatic nitrogens is 1. The molecule has 0 unspecified atom stereocenters. The zero-order chi connectivity index (χ0) is 16.4. The first kappa shape index (κ1) is 15.8. The van der Waals surface area contributed by atoms with Gasteiger partial charge >= 0.3 is 0 Å². The van der Waals surface area contributed by atoms with E-state index >= 15 is 0 Å². The van der Waals surface area contributed by atoms with Crippen LogP contribution in [-0.4, -0.2) is 60.9 Å². The number of hydrogen-bond acceptors (Lipinski definition) is 5. The third-order valence-electron chi connectivity index (χ3n) is 4.97. The highest BCUT2D eigenvalue weighted by Crippen LogP contribution is 2.34. The van der Waals surface area contributed by atoms with Crippen molar-refractivity contribution in [1.82, 2.24) is 14.8 Å². The molecule has 0 N–H and O–H groups in total. The largest absolute Gasteiger partial charge is 0.475 e. The van der Waals surface area contributed by atoms with Crippen LogP contribution >= 0.6 is 0 Å². The molecule has 0 aliphatic carbocycles. The molecule has 1 fully saturated rings.